The fourth-order valence-electron chi connectivity index (χ4n) is 5.16. The zero-order chi connectivity index (χ0) is 33.5. The highest BCUT2D eigenvalue weighted by molar-refractivity contribution is 7.13. The number of unbranched alkanes of at least 4 members (excludes halogenated alkanes) is 1. The number of alkyl carbamates (subject to hydrolysis) is 1. The smallest absolute Gasteiger partial charge is 0.407 e. The molecule has 1 aromatic carbocycles. The lowest BCUT2D eigenvalue weighted by molar-refractivity contribution is -0.144. The lowest BCUT2D eigenvalue weighted by Gasteiger charge is -2.35. The molecule has 3 rings (SSSR count). The summed E-state index contributed by atoms with van der Waals surface area (Å²) >= 11 is 1.58. The van der Waals surface area contributed by atoms with Crippen molar-refractivity contribution in [2.24, 2.45) is 5.41 Å². The summed E-state index contributed by atoms with van der Waals surface area (Å²) in [5.41, 5.74) is 3.51. The van der Waals surface area contributed by atoms with Gasteiger partial charge in [-0.1, -0.05) is 45.0 Å². The van der Waals surface area contributed by atoms with Crippen LogP contribution >= 0.6 is 11.3 Å². The number of aryl methyl sites for hydroxylation is 1. The highest BCUT2D eigenvalue weighted by atomic mass is 32.1. The Morgan fingerprint density at radius 1 is 1.07 bits per heavy atom. The van der Waals surface area contributed by atoms with E-state index in [1.165, 1.54) is 4.90 Å². The van der Waals surface area contributed by atoms with Gasteiger partial charge in [-0.15, -0.1) is 11.3 Å². The molecule has 1 saturated heterocycles. The SMILES string of the molecule is Cc1ncsc1-c1ccc([C@H](C)NC(=O)[C@@H]2C[C@@H](O)CN2C(=O)C(NC(=O)CCCCNC(=O)OC(C)(C)C)C(C)(C)C)cc1. The summed E-state index contributed by atoms with van der Waals surface area (Å²) in [6, 6.07) is 5.84. The molecule has 4 amide bonds. The maximum Gasteiger partial charge on any atom is 0.407 e. The van der Waals surface area contributed by atoms with E-state index in [9.17, 15) is 24.3 Å². The van der Waals surface area contributed by atoms with E-state index >= 15 is 0 Å². The summed E-state index contributed by atoms with van der Waals surface area (Å²) in [4.78, 5) is 58.8. The van der Waals surface area contributed by atoms with E-state index < -0.39 is 41.2 Å². The Hall–Kier alpha value is -3.51. The number of amides is 4. The van der Waals surface area contributed by atoms with Gasteiger partial charge in [-0.05, 0) is 64.0 Å². The molecule has 12 heteroatoms. The van der Waals surface area contributed by atoms with Gasteiger partial charge in [-0.25, -0.2) is 9.78 Å². The van der Waals surface area contributed by atoms with Crippen LogP contribution in [0.4, 0.5) is 4.79 Å². The number of rotatable bonds is 11. The molecule has 0 saturated carbocycles. The van der Waals surface area contributed by atoms with Crippen LogP contribution in [0.15, 0.2) is 29.8 Å². The van der Waals surface area contributed by atoms with Gasteiger partial charge in [0.05, 0.1) is 28.2 Å². The minimum atomic E-state index is -0.898. The molecule has 1 fully saturated rings. The molecule has 1 aliphatic rings. The van der Waals surface area contributed by atoms with Crippen molar-refractivity contribution >= 4 is 35.2 Å². The van der Waals surface area contributed by atoms with Crippen LogP contribution in [0, 0.1) is 12.3 Å². The zero-order valence-electron chi connectivity index (χ0n) is 27.7. The fraction of sp³-hybridized carbons (Fsp3) is 0.606. The Labute approximate surface area is 270 Å². The number of hydrogen-bond acceptors (Lipinski definition) is 8. The predicted molar refractivity (Wildman–Crippen MR) is 174 cm³/mol. The highest BCUT2D eigenvalue weighted by Gasteiger charge is 2.44. The standard InChI is InChI=1S/C33H49N5O6S/c1-20(22-12-14-23(15-13-22)27-21(2)35-19-45-27)36-29(41)25-17-24(39)18-38(25)30(42)28(32(3,4)5)37-26(40)11-9-10-16-34-31(43)44-33(6,7)8/h12-15,19-20,24-25,28,39H,9-11,16-18H2,1-8H3,(H,34,43)(H,36,41)(H,37,40)/t20-,24+,25-,28?/m0/s1. The van der Waals surface area contributed by atoms with Crippen LogP contribution in [0.2, 0.25) is 0 Å². The van der Waals surface area contributed by atoms with Crippen molar-refractivity contribution in [2.45, 2.75) is 111 Å². The molecule has 248 valence electrons. The number of aliphatic hydroxyl groups excluding tert-OH is 1. The topological polar surface area (TPSA) is 150 Å². The molecule has 4 atom stereocenters. The fourth-order valence-corrected chi connectivity index (χ4v) is 5.98. The van der Waals surface area contributed by atoms with Crippen molar-refractivity contribution in [3.05, 3.63) is 41.0 Å². The maximum atomic E-state index is 13.8. The van der Waals surface area contributed by atoms with Gasteiger partial charge in [0, 0.05) is 25.9 Å². The number of nitrogens with zero attached hydrogens (tertiary/aromatic N) is 2. The third-order valence-corrected chi connectivity index (χ3v) is 8.54. The van der Waals surface area contributed by atoms with Crippen LogP contribution < -0.4 is 16.0 Å². The Morgan fingerprint density at radius 2 is 1.73 bits per heavy atom. The molecule has 2 heterocycles. The van der Waals surface area contributed by atoms with E-state index in [0.29, 0.717) is 19.4 Å². The molecule has 1 aliphatic heterocycles. The number of nitrogens with one attached hydrogen (secondary N) is 3. The van der Waals surface area contributed by atoms with Crippen LogP contribution in [-0.4, -0.2) is 75.7 Å². The first-order valence-electron chi connectivity index (χ1n) is 15.5. The van der Waals surface area contributed by atoms with E-state index in [1.807, 2.05) is 64.4 Å². The van der Waals surface area contributed by atoms with E-state index in [2.05, 4.69) is 20.9 Å². The third kappa shape index (κ3) is 10.5. The Kier molecular flexibility index (Phi) is 12.1. The van der Waals surface area contributed by atoms with Crippen LogP contribution in [0.3, 0.4) is 0 Å². The van der Waals surface area contributed by atoms with Gasteiger partial charge in [-0.2, -0.15) is 0 Å². The van der Waals surface area contributed by atoms with Crippen molar-refractivity contribution in [3.8, 4) is 10.4 Å². The predicted octanol–water partition coefficient (Wildman–Crippen LogP) is 4.48. The van der Waals surface area contributed by atoms with E-state index in [0.717, 1.165) is 21.7 Å². The molecule has 4 N–H and O–H groups in total. The van der Waals surface area contributed by atoms with Crippen LogP contribution in [-0.2, 0) is 19.1 Å². The van der Waals surface area contributed by atoms with Gasteiger partial charge in [0.2, 0.25) is 17.7 Å². The minimum Gasteiger partial charge on any atom is -0.444 e. The maximum absolute atomic E-state index is 13.8. The molecular formula is C33H49N5O6S. The number of carbonyl (C=O) groups is 4. The molecule has 0 spiro atoms. The number of hydrogen-bond donors (Lipinski definition) is 4. The number of aromatic nitrogens is 1. The van der Waals surface area contributed by atoms with Crippen LogP contribution in [0.5, 0.6) is 0 Å². The summed E-state index contributed by atoms with van der Waals surface area (Å²) in [7, 11) is 0. The van der Waals surface area contributed by atoms with Gasteiger partial charge in [0.1, 0.15) is 17.7 Å². The third-order valence-electron chi connectivity index (χ3n) is 7.56. The number of likely N-dealkylation sites (tertiary alicyclic amines) is 1. The zero-order valence-corrected chi connectivity index (χ0v) is 28.5. The first kappa shape index (κ1) is 36.0. The molecular weight excluding hydrogens is 594 g/mol. The summed E-state index contributed by atoms with van der Waals surface area (Å²) in [5, 5.41) is 19.0. The number of β-amino-alcohol motifs (C(OH)–C–C–N with tert-alkyl or cyclic N) is 1. The molecule has 11 nitrogen and oxygen atoms in total. The van der Waals surface area contributed by atoms with E-state index in [4.69, 9.17) is 4.74 Å². The highest BCUT2D eigenvalue weighted by Crippen LogP contribution is 2.29. The molecule has 1 aromatic heterocycles. The lowest BCUT2D eigenvalue weighted by Crippen LogP contribution is -2.57. The van der Waals surface area contributed by atoms with Crippen molar-refractivity contribution in [3.63, 3.8) is 0 Å². The summed E-state index contributed by atoms with van der Waals surface area (Å²) in [6.45, 7) is 15.1. The van der Waals surface area contributed by atoms with Gasteiger partial charge >= 0.3 is 6.09 Å². The van der Waals surface area contributed by atoms with Crippen molar-refractivity contribution in [1.29, 1.82) is 0 Å². The molecule has 1 unspecified atom stereocenters. The average Bonchev–Trinajstić information content (AvgIpc) is 3.55. The molecule has 2 aromatic rings. The van der Waals surface area contributed by atoms with Gasteiger partial charge in [0.25, 0.3) is 0 Å². The number of ether oxygens (including phenoxy) is 1. The normalized spacial score (nSPS) is 18.2. The second kappa shape index (κ2) is 15.2. The first-order chi connectivity index (χ1) is 21.0. The van der Waals surface area contributed by atoms with E-state index in [-0.39, 0.29) is 37.2 Å². The first-order valence-corrected chi connectivity index (χ1v) is 16.4. The Balaban J connectivity index is 1.58. The Morgan fingerprint density at radius 3 is 2.31 bits per heavy atom. The quantitative estimate of drug-likeness (QED) is 0.264. The lowest BCUT2D eigenvalue weighted by atomic mass is 9.85. The van der Waals surface area contributed by atoms with Gasteiger partial charge in [0.15, 0.2) is 0 Å². The minimum absolute atomic E-state index is 0.00693. The second-order valence-corrected chi connectivity index (χ2v) is 14.6. The number of aliphatic hydroxyl groups is 1. The second-order valence-electron chi connectivity index (χ2n) is 13.8. The van der Waals surface area contributed by atoms with Crippen molar-refractivity contribution in [2.75, 3.05) is 13.1 Å². The van der Waals surface area contributed by atoms with Gasteiger partial charge < -0.3 is 30.7 Å². The van der Waals surface area contributed by atoms with Crippen LogP contribution in [0.1, 0.15) is 91.4 Å². The summed E-state index contributed by atoms with van der Waals surface area (Å²) in [6.07, 6.45) is -0.0117. The largest absolute Gasteiger partial charge is 0.444 e. The van der Waals surface area contributed by atoms with E-state index in [1.54, 1.807) is 32.1 Å². The molecule has 0 radical (unpaired) electrons. The van der Waals surface area contributed by atoms with Crippen molar-refractivity contribution in [1.82, 2.24) is 25.8 Å². The number of carbonyl (C=O) groups excluding carboxylic acids is 4. The monoisotopic (exact) mass is 643 g/mol. The van der Waals surface area contributed by atoms with Gasteiger partial charge in [-0.3, -0.25) is 14.4 Å². The Bertz CT molecular complexity index is 1330. The average molecular weight is 644 g/mol. The van der Waals surface area contributed by atoms with Crippen molar-refractivity contribution < 1.29 is 29.0 Å². The molecule has 0 aliphatic carbocycles. The number of thiazole rings is 1. The van der Waals surface area contributed by atoms with Crippen LogP contribution in [0.25, 0.3) is 10.4 Å². The molecule has 45 heavy (non-hydrogen) atoms. The summed E-state index contributed by atoms with van der Waals surface area (Å²) < 4.78 is 5.21. The summed E-state index contributed by atoms with van der Waals surface area (Å²) in [5.74, 6) is -1.06. The molecule has 0 bridgehead atoms. The number of benzene rings is 1.